The molecule has 0 bridgehead atoms. The van der Waals surface area contributed by atoms with Crippen molar-refractivity contribution in [1.29, 1.82) is 0 Å². The zero-order valence-corrected chi connectivity index (χ0v) is 12.3. The Balaban J connectivity index is 2.43. The normalized spacial score (nSPS) is 10.3. The lowest BCUT2D eigenvalue weighted by Gasteiger charge is -2.16. The van der Waals surface area contributed by atoms with Crippen LogP contribution in [0.1, 0.15) is 10.4 Å². The summed E-state index contributed by atoms with van der Waals surface area (Å²) in [7, 11) is 1.19. The summed E-state index contributed by atoms with van der Waals surface area (Å²) in [6.07, 6.45) is 0. The fraction of sp³-hybridized carbons (Fsp3) is 0.0714. The highest BCUT2D eigenvalue weighted by atomic mass is 79.9. The van der Waals surface area contributed by atoms with Gasteiger partial charge in [0.2, 0.25) is 0 Å². The van der Waals surface area contributed by atoms with E-state index in [1.807, 2.05) is 0 Å². The number of ether oxygens (including phenoxy) is 1. The molecule has 0 N–H and O–H groups in total. The number of rotatable bonds is 3. The summed E-state index contributed by atoms with van der Waals surface area (Å²) in [6, 6.07) is 7.57. The Hall–Kier alpha value is -2.02. The van der Waals surface area contributed by atoms with Crippen LogP contribution in [0.15, 0.2) is 40.9 Å². The minimum Gasteiger partial charge on any atom is -0.465 e. The molecule has 2 aromatic carbocycles. The molecular weight excluding hydrogens is 351 g/mol. The molecule has 0 heterocycles. The molecule has 110 valence electrons. The van der Waals surface area contributed by atoms with Gasteiger partial charge in [0.05, 0.1) is 22.8 Å². The van der Waals surface area contributed by atoms with Crippen LogP contribution in [0.2, 0.25) is 0 Å². The molecule has 21 heavy (non-hydrogen) atoms. The minimum absolute atomic E-state index is 0.0444. The third kappa shape index (κ3) is 3.02. The number of carbonyl (C=O) groups is 1. The Morgan fingerprint density at radius 2 is 1.90 bits per heavy atom. The van der Waals surface area contributed by atoms with E-state index in [-0.39, 0.29) is 20.8 Å². The van der Waals surface area contributed by atoms with Gasteiger partial charge in [0.25, 0.3) is 0 Å². The van der Waals surface area contributed by atoms with Crippen LogP contribution in [-0.2, 0) is 4.74 Å². The molecule has 0 spiro atoms. The topological polar surface area (TPSA) is 29.5 Å². The monoisotopic (exact) mass is 359 g/mol. The van der Waals surface area contributed by atoms with Crippen molar-refractivity contribution >= 4 is 33.3 Å². The highest BCUT2D eigenvalue weighted by molar-refractivity contribution is 9.10. The molecule has 2 aromatic rings. The van der Waals surface area contributed by atoms with Crippen LogP contribution in [0.3, 0.4) is 0 Å². The van der Waals surface area contributed by atoms with E-state index in [2.05, 4.69) is 20.7 Å². The molecule has 0 unspecified atom stereocenters. The van der Waals surface area contributed by atoms with Crippen molar-refractivity contribution in [1.82, 2.24) is 0 Å². The second-order valence-electron chi connectivity index (χ2n) is 4.02. The van der Waals surface area contributed by atoms with Crippen LogP contribution >= 0.6 is 15.9 Å². The maximum Gasteiger partial charge on any atom is 0.337 e. The lowest BCUT2D eigenvalue weighted by atomic mass is 10.2. The second kappa shape index (κ2) is 6.17. The number of hydrogen-bond donors (Lipinski definition) is 0. The zero-order chi connectivity index (χ0) is 15.6. The summed E-state index contributed by atoms with van der Waals surface area (Å²) in [6.45, 7) is 0. The fourth-order valence-corrected chi connectivity index (χ4v) is 1.99. The van der Waals surface area contributed by atoms with Gasteiger partial charge in [-0.1, -0.05) is 10.5 Å². The molecule has 3 nitrogen and oxygen atoms in total. The van der Waals surface area contributed by atoms with Crippen molar-refractivity contribution in [3.8, 4) is 0 Å². The molecule has 0 aliphatic rings. The molecule has 0 aromatic heterocycles. The van der Waals surface area contributed by atoms with Crippen molar-refractivity contribution in [2.75, 3.05) is 12.2 Å². The van der Waals surface area contributed by atoms with E-state index in [9.17, 15) is 18.1 Å². The van der Waals surface area contributed by atoms with Gasteiger partial charge in [-0.15, -0.1) is 0 Å². The number of methoxy groups -OCH3 is 1. The van der Waals surface area contributed by atoms with E-state index in [1.54, 1.807) is 0 Å². The predicted octanol–water partition coefficient (Wildman–Crippen LogP) is 4.54. The lowest BCUT2D eigenvalue weighted by molar-refractivity contribution is 0.0601. The van der Waals surface area contributed by atoms with Crippen molar-refractivity contribution in [2.45, 2.75) is 0 Å². The third-order valence-corrected chi connectivity index (χ3v) is 3.33. The second-order valence-corrected chi connectivity index (χ2v) is 4.87. The maximum absolute atomic E-state index is 14.2. The van der Waals surface area contributed by atoms with Gasteiger partial charge in [0.15, 0.2) is 11.6 Å². The molecule has 0 atom stereocenters. The Bertz CT molecular complexity index is 694. The average molecular weight is 360 g/mol. The number of halogens is 4. The number of anilines is 2. The van der Waals surface area contributed by atoms with E-state index in [0.29, 0.717) is 0 Å². The Morgan fingerprint density at radius 3 is 2.57 bits per heavy atom. The van der Waals surface area contributed by atoms with Crippen LogP contribution in [0.4, 0.5) is 24.6 Å². The molecule has 0 aliphatic carbocycles. The zero-order valence-electron chi connectivity index (χ0n) is 10.7. The van der Waals surface area contributed by atoms with E-state index in [0.717, 1.165) is 6.07 Å². The van der Waals surface area contributed by atoms with Gasteiger partial charge in [-0.2, -0.15) is 5.12 Å². The molecule has 0 aliphatic heterocycles. The van der Waals surface area contributed by atoms with Gasteiger partial charge in [0, 0.05) is 0 Å². The molecule has 0 amide bonds. The molecule has 0 saturated heterocycles. The standard InChI is InChI=1S/C14H9BrF3NO2/c1-21-14(20)8-3-2-4-9(7-8)19(18)11-6-5-10(15)12(16)13(11)17/h2-7H,1H3. The first-order valence-corrected chi connectivity index (χ1v) is 6.52. The van der Waals surface area contributed by atoms with Gasteiger partial charge in [0.1, 0.15) is 5.69 Å². The van der Waals surface area contributed by atoms with E-state index in [4.69, 9.17) is 0 Å². The van der Waals surface area contributed by atoms with E-state index < -0.39 is 23.3 Å². The summed E-state index contributed by atoms with van der Waals surface area (Å²) >= 11 is 2.81. The maximum atomic E-state index is 14.2. The first-order valence-electron chi connectivity index (χ1n) is 5.73. The lowest BCUT2D eigenvalue weighted by Crippen LogP contribution is -2.09. The van der Waals surface area contributed by atoms with Crippen molar-refractivity contribution in [3.63, 3.8) is 0 Å². The van der Waals surface area contributed by atoms with Crippen LogP contribution in [0.25, 0.3) is 0 Å². The summed E-state index contributed by atoms with van der Waals surface area (Å²) in [4.78, 5) is 11.4. The number of esters is 1. The van der Waals surface area contributed by atoms with Gasteiger partial charge >= 0.3 is 5.97 Å². The number of benzene rings is 2. The summed E-state index contributed by atoms with van der Waals surface area (Å²) < 4.78 is 45.8. The number of nitrogens with zero attached hydrogens (tertiary/aromatic N) is 1. The summed E-state index contributed by atoms with van der Waals surface area (Å²) in [5.74, 6) is -3.19. The van der Waals surface area contributed by atoms with Crippen LogP contribution in [-0.4, -0.2) is 13.1 Å². The Morgan fingerprint density at radius 1 is 1.19 bits per heavy atom. The molecule has 0 radical (unpaired) electrons. The largest absolute Gasteiger partial charge is 0.465 e. The SMILES string of the molecule is COC(=O)c1cccc(N(F)c2ccc(Br)c(F)c2F)c1. The number of carbonyl (C=O) groups excluding carboxylic acids is 1. The van der Waals surface area contributed by atoms with Gasteiger partial charge < -0.3 is 4.74 Å². The smallest absolute Gasteiger partial charge is 0.337 e. The first kappa shape index (κ1) is 15.4. The van der Waals surface area contributed by atoms with E-state index in [1.165, 1.54) is 37.4 Å². The predicted molar refractivity (Wildman–Crippen MR) is 75.1 cm³/mol. The van der Waals surface area contributed by atoms with E-state index >= 15 is 0 Å². The highest BCUT2D eigenvalue weighted by Crippen LogP contribution is 2.32. The van der Waals surface area contributed by atoms with Crippen LogP contribution in [0.5, 0.6) is 0 Å². The first-order chi connectivity index (χ1) is 9.95. The molecule has 0 saturated carbocycles. The molecule has 2 rings (SSSR count). The van der Waals surface area contributed by atoms with Gasteiger partial charge in [-0.25, -0.2) is 13.6 Å². The molecule has 7 heteroatoms. The number of hydrogen-bond acceptors (Lipinski definition) is 3. The van der Waals surface area contributed by atoms with Crippen LogP contribution in [0, 0.1) is 11.6 Å². The van der Waals surface area contributed by atoms with Gasteiger partial charge in [-0.05, 0) is 46.3 Å². The minimum atomic E-state index is -1.34. The molecule has 0 fully saturated rings. The van der Waals surface area contributed by atoms with Gasteiger partial charge in [-0.3, -0.25) is 0 Å². The Kier molecular flexibility index (Phi) is 4.52. The summed E-state index contributed by atoms with van der Waals surface area (Å²) in [5.41, 5.74) is -0.633. The van der Waals surface area contributed by atoms with Crippen molar-refractivity contribution in [3.05, 3.63) is 58.1 Å². The summed E-state index contributed by atoms with van der Waals surface area (Å²) in [5, 5.41) is -0.0444. The fourth-order valence-electron chi connectivity index (χ4n) is 1.68. The highest BCUT2D eigenvalue weighted by Gasteiger charge is 2.19. The Labute approximate surface area is 127 Å². The van der Waals surface area contributed by atoms with Crippen molar-refractivity contribution in [2.24, 2.45) is 0 Å². The van der Waals surface area contributed by atoms with Crippen LogP contribution < -0.4 is 5.12 Å². The third-order valence-electron chi connectivity index (χ3n) is 2.72. The average Bonchev–Trinajstić information content (AvgIpc) is 2.51. The van der Waals surface area contributed by atoms with Crippen molar-refractivity contribution < 1.29 is 22.8 Å². The molecular formula is C14H9BrF3NO2. The quantitative estimate of drug-likeness (QED) is 0.457.